The number of aromatic nitrogens is 1. The first-order chi connectivity index (χ1) is 7.16. The standard InChI is InChI=1S/C12H20N2O/c1-4-7-13-9-11-6-5-8-14(10(2)3)12(11)15/h5-6,8,10,13H,4,7,9H2,1-3H3. The van der Waals surface area contributed by atoms with Crippen LogP contribution in [0.2, 0.25) is 0 Å². The number of nitrogens with one attached hydrogen (secondary N) is 1. The highest BCUT2D eigenvalue weighted by atomic mass is 16.1. The molecule has 3 heteroatoms. The van der Waals surface area contributed by atoms with Gasteiger partial charge >= 0.3 is 0 Å². The lowest BCUT2D eigenvalue weighted by Gasteiger charge is -2.11. The van der Waals surface area contributed by atoms with Crippen LogP contribution in [0.4, 0.5) is 0 Å². The topological polar surface area (TPSA) is 34.0 Å². The van der Waals surface area contributed by atoms with Crippen LogP contribution in [0.15, 0.2) is 23.1 Å². The van der Waals surface area contributed by atoms with Crippen LogP contribution in [0.1, 0.15) is 38.8 Å². The van der Waals surface area contributed by atoms with Crippen LogP contribution >= 0.6 is 0 Å². The fraction of sp³-hybridized carbons (Fsp3) is 0.583. The molecule has 84 valence electrons. The van der Waals surface area contributed by atoms with Crippen molar-refractivity contribution in [3.8, 4) is 0 Å². The van der Waals surface area contributed by atoms with Crippen molar-refractivity contribution in [3.63, 3.8) is 0 Å². The normalized spacial score (nSPS) is 10.9. The van der Waals surface area contributed by atoms with Gasteiger partial charge in [0.2, 0.25) is 0 Å². The molecule has 0 fully saturated rings. The van der Waals surface area contributed by atoms with Gasteiger partial charge in [-0.2, -0.15) is 0 Å². The van der Waals surface area contributed by atoms with Crippen LogP contribution < -0.4 is 10.9 Å². The number of hydrogen-bond acceptors (Lipinski definition) is 2. The molecule has 0 saturated heterocycles. The van der Waals surface area contributed by atoms with Gasteiger partial charge in [-0.25, -0.2) is 0 Å². The van der Waals surface area contributed by atoms with Gasteiger partial charge in [-0.1, -0.05) is 13.0 Å². The highest BCUT2D eigenvalue weighted by Gasteiger charge is 2.04. The molecule has 0 aromatic carbocycles. The number of pyridine rings is 1. The molecule has 1 N–H and O–H groups in total. The monoisotopic (exact) mass is 208 g/mol. The van der Waals surface area contributed by atoms with Crippen molar-refractivity contribution in [3.05, 3.63) is 34.2 Å². The Bertz CT molecular complexity index is 355. The predicted molar refractivity (Wildman–Crippen MR) is 63.1 cm³/mol. The lowest BCUT2D eigenvalue weighted by molar-refractivity contribution is 0.566. The number of hydrogen-bond donors (Lipinski definition) is 1. The molecule has 0 unspecified atom stereocenters. The van der Waals surface area contributed by atoms with E-state index in [2.05, 4.69) is 12.2 Å². The van der Waals surface area contributed by atoms with Crippen LogP contribution in [0.3, 0.4) is 0 Å². The summed E-state index contributed by atoms with van der Waals surface area (Å²) in [5, 5.41) is 3.24. The molecule has 1 aromatic rings. The molecule has 1 rings (SSSR count). The summed E-state index contributed by atoms with van der Waals surface area (Å²) in [6.07, 6.45) is 2.93. The third-order valence-corrected chi connectivity index (χ3v) is 2.35. The van der Waals surface area contributed by atoms with Crippen LogP contribution in [0, 0.1) is 0 Å². The summed E-state index contributed by atoms with van der Waals surface area (Å²) >= 11 is 0. The Labute approximate surface area is 91.1 Å². The Hall–Kier alpha value is -1.09. The maximum Gasteiger partial charge on any atom is 0.255 e. The quantitative estimate of drug-likeness (QED) is 0.750. The third-order valence-electron chi connectivity index (χ3n) is 2.35. The van der Waals surface area contributed by atoms with Crippen LogP contribution in [-0.2, 0) is 6.54 Å². The zero-order chi connectivity index (χ0) is 11.3. The van der Waals surface area contributed by atoms with Crippen molar-refractivity contribution in [2.75, 3.05) is 6.54 Å². The molecule has 1 heterocycles. The molecule has 15 heavy (non-hydrogen) atoms. The van der Waals surface area contributed by atoms with E-state index in [1.807, 2.05) is 32.2 Å². The molecule has 0 aliphatic rings. The fourth-order valence-electron chi connectivity index (χ4n) is 1.50. The third kappa shape index (κ3) is 3.20. The van der Waals surface area contributed by atoms with Gasteiger partial charge in [0.05, 0.1) is 0 Å². The number of rotatable bonds is 5. The second-order valence-corrected chi connectivity index (χ2v) is 4.02. The van der Waals surface area contributed by atoms with Crippen molar-refractivity contribution in [1.82, 2.24) is 9.88 Å². The Morgan fingerprint density at radius 3 is 2.80 bits per heavy atom. The lowest BCUT2D eigenvalue weighted by Crippen LogP contribution is -2.27. The van der Waals surface area contributed by atoms with Crippen molar-refractivity contribution < 1.29 is 0 Å². The molecule has 0 amide bonds. The Morgan fingerprint density at radius 2 is 2.20 bits per heavy atom. The van der Waals surface area contributed by atoms with Gasteiger partial charge in [-0.15, -0.1) is 0 Å². The largest absolute Gasteiger partial charge is 0.313 e. The van der Waals surface area contributed by atoms with E-state index in [1.54, 1.807) is 4.57 Å². The summed E-state index contributed by atoms with van der Waals surface area (Å²) < 4.78 is 1.77. The molecule has 0 radical (unpaired) electrons. The van der Waals surface area contributed by atoms with E-state index in [1.165, 1.54) is 0 Å². The zero-order valence-electron chi connectivity index (χ0n) is 9.79. The van der Waals surface area contributed by atoms with Gasteiger partial charge in [-0.3, -0.25) is 4.79 Å². The molecule has 0 aliphatic heterocycles. The van der Waals surface area contributed by atoms with Gasteiger partial charge in [0.25, 0.3) is 5.56 Å². The van der Waals surface area contributed by atoms with E-state index >= 15 is 0 Å². The lowest BCUT2D eigenvalue weighted by atomic mass is 10.2. The van der Waals surface area contributed by atoms with Gasteiger partial charge in [0, 0.05) is 24.3 Å². The molecule has 0 bridgehead atoms. The summed E-state index contributed by atoms with van der Waals surface area (Å²) in [6, 6.07) is 4.05. The maximum atomic E-state index is 11.9. The smallest absolute Gasteiger partial charge is 0.255 e. The molecule has 1 aromatic heterocycles. The van der Waals surface area contributed by atoms with E-state index in [0.717, 1.165) is 18.5 Å². The van der Waals surface area contributed by atoms with E-state index < -0.39 is 0 Å². The summed E-state index contributed by atoms with van der Waals surface area (Å²) in [7, 11) is 0. The Balaban J connectivity index is 2.81. The Morgan fingerprint density at radius 1 is 1.47 bits per heavy atom. The second-order valence-electron chi connectivity index (χ2n) is 4.02. The molecular weight excluding hydrogens is 188 g/mol. The van der Waals surface area contributed by atoms with Crippen molar-refractivity contribution >= 4 is 0 Å². The molecule has 3 nitrogen and oxygen atoms in total. The average Bonchev–Trinajstić information content (AvgIpc) is 2.20. The summed E-state index contributed by atoms with van der Waals surface area (Å²) in [5.74, 6) is 0. The van der Waals surface area contributed by atoms with Gasteiger partial charge < -0.3 is 9.88 Å². The average molecular weight is 208 g/mol. The summed E-state index contributed by atoms with van der Waals surface area (Å²) in [6.45, 7) is 7.77. The van der Waals surface area contributed by atoms with Crippen molar-refractivity contribution in [2.45, 2.75) is 39.8 Å². The second kappa shape index (κ2) is 5.71. The van der Waals surface area contributed by atoms with E-state index in [9.17, 15) is 4.79 Å². The van der Waals surface area contributed by atoms with Gasteiger partial charge in [-0.05, 0) is 32.9 Å². The fourth-order valence-corrected chi connectivity index (χ4v) is 1.50. The molecule has 0 atom stereocenters. The van der Waals surface area contributed by atoms with Crippen LogP contribution in [0.5, 0.6) is 0 Å². The minimum atomic E-state index is 0.121. The first kappa shape index (κ1) is 12.0. The molecule has 0 saturated carbocycles. The van der Waals surface area contributed by atoms with E-state index in [0.29, 0.717) is 6.54 Å². The van der Waals surface area contributed by atoms with E-state index in [4.69, 9.17) is 0 Å². The first-order valence-corrected chi connectivity index (χ1v) is 5.57. The SMILES string of the molecule is CCCNCc1cccn(C(C)C)c1=O. The van der Waals surface area contributed by atoms with Crippen LogP contribution in [-0.4, -0.2) is 11.1 Å². The minimum Gasteiger partial charge on any atom is -0.313 e. The highest BCUT2D eigenvalue weighted by Crippen LogP contribution is 2.00. The van der Waals surface area contributed by atoms with Crippen molar-refractivity contribution in [2.24, 2.45) is 0 Å². The summed E-state index contributed by atoms with van der Waals surface area (Å²) in [5.41, 5.74) is 0.968. The molecular formula is C12H20N2O. The molecule has 0 spiro atoms. The zero-order valence-corrected chi connectivity index (χ0v) is 9.79. The first-order valence-electron chi connectivity index (χ1n) is 5.57. The van der Waals surface area contributed by atoms with Gasteiger partial charge in [0.1, 0.15) is 0 Å². The number of nitrogens with zero attached hydrogens (tertiary/aromatic N) is 1. The van der Waals surface area contributed by atoms with Gasteiger partial charge in [0.15, 0.2) is 0 Å². The van der Waals surface area contributed by atoms with E-state index in [-0.39, 0.29) is 11.6 Å². The predicted octanol–water partition coefficient (Wildman–Crippen LogP) is 1.93. The van der Waals surface area contributed by atoms with Crippen LogP contribution in [0.25, 0.3) is 0 Å². The highest BCUT2D eigenvalue weighted by molar-refractivity contribution is 5.10. The Kier molecular flexibility index (Phi) is 4.56. The maximum absolute atomic E-state index is 11.9. The molecule has 0 aliphatic carbocycles. The summed E-state index contributed by atoms with van der Waals surface area (Å²) in [4.78, 5) is 11.9. The minimum absolute atomic E-state index is 0.121. The van der Waals surface area contributed by atoms with Crippen molar-refractivity contribution in [1.29, 1.82) is 0 Å².